The second kappa shape index (κ2) is 4.55. The van der Waals surface area contributed by atoms with Crippen LogP contribution in [0.4, 0.5) is 0 Å². The lowest BCUT2D eigenvalue weighted by atomic mass is 9.93. The van der Waals surface area contributed by atoms with Gasteiger partial charge >= 0.3 is 0 Å². The number of aromatic nitrogens is 2. The van der Waals surface area contributed by atoms with Gasteiger partial charge in [-0.1, -0.05) is 18.2 Å². The Kier molecular flexibility index (Phi) is 3.24. The number of nitrogens with two attached hydrogens (primary N) is 1. The number of aliphatic hydroxyl groups excluding tert-OH is 1. The number of benzene rings is 1. The highest BCUT2D eigenvalue weighted by atomic mass is 16.3. The topological polar surface area (TPSA) is 64.1 Å². The van der Waals surface area contributed by atoms with Crippen LogP contribution in [0.1, 0.15) is 25.1 Å². The molecule has 2 rings (SSSR count). The number of hydrogen-bond acceptors (Lipinski definition) is 3. The molecular weight excluding hydrogens is 226 g/mol. The van der Waals surface area contributed by atoms with E-state index < -0.39 is 0 Å². The van der Waals surface area contributed by atoms with Gasteiger partial charge in [0.25, 0.3) is 0 Å². The van der Waals surface area contributed by atoms with E-state index >= 15 is 0 Å². The SMILES string of the molecule is Cn1nc(CO)cc1-c1cccc(C(C)(C)N)c1. The van der Waals surface area contributed by atoms with Crippen LogP contribution in [0.3, 0.4) is 0 Å². The Morgan fingerprint density at radius 2 is 2.06 bits per heavy atom. The van der Waals surface area contributed by atoms with Gasteiger partial charge in [-0.3, -0.25) is 4.68 Å². The smallest absolute Gasteiger partial charge is 0.0885 e. The van der Waals surface area contributed by atoms with Crippen molar-refractivity contribution in [3.63, 3.8) is 0 Å². The molecule has 4 heteroatoms. The third-order valence-electron chi connectivity index (χ3n) is 2.99. The molecule has 0 saturated heterocycles. The van der Waals surface area contributed by atoms with Crippen molar-refractivity contribution in [1.82, 2.24) is 9.78 Å². The van der Waals surface area contributed by atoms with E-state index in [9.17, 15) is 0 Å². The molecule has 0 aliphatic rings. The van der Waals surface area contributed by atoms with Gasteiger partial charge in [-0.15, -0.1) is 0 Å². The highest BCUT2D eigenvalue weighted by Crippen LogP contribution is 2.25. The predicted octanol–water partition coefficient (Wildman–Crippen LogP) is 1.77. The lowest BCUT2D eigenvalue weighted by molar-refractivity contribution is 0.275. The molecule has 4 nitrogen and oxygen atoms in total. The summed E-state index contributed by atoms with van der Waals surface area (Å²) in [6, 6.07) is 9.99. The molecule has 3 N–H and O–H groups in total. The standard InChI is InChI=1S/C14H19N3O/c1-14(2,15)11-6-4-5-10(7-11)13-8-12(9-18)16-17(13)3/h4-8,18H,9,15H2,1-3H3. The van der Waals surface area contributed by atoms with E-state index in [1.54, 1.807) is 4.68 Å². The van der Waals surface area contributed by atoms with Crippen molar-refractivity contribution in [1.29, 1.82) is 0 Å². The molecule has 1 heterocycles. The lowest BCUT2D eigenvalue weighted by Crippen LogP contribution is -2.28. The fourth-order valence-electron chi connectivity index (χ4n) is 1.95. The van der Waals surface area contributed by atoms with E-state index in [1.807, 2.05) is 45.2 Å². The van der Waals surface area contributed by atoms with Crippen LogP contribution in [-0.2, 0) is 19.2 Å². The molecule has 1 aromatic carbocycles. The number of hydrogen-bond donors (Lipinski definition) is 2. The first-order valence-corrected chi connectivity index (χ1v) is 5.95. The molecule has 0 saturated carbocycles. The molecule has 0 radical (unpaired) electrons. The van der Waals surface area contributed by atoms with Crippen molar-refractivity contribution in [3.05, 3.63) is 41.6 Å². The molecule has 0 aliphatic heterocycles. The van der Waals surface area contributed by atoms with Crippen molar-refractivity contribution in [3.8, 4) is 11.3 Å². The molecular formula is C14H19N3O. The maximum Gasteiger partial charge on any atom is 0.0885 e. The maximum absolute atomic E-state index is 9.11. The second-order valence-electron chi connectivity index (χ2n) is 5.11. The summed E-state index contributed by atoms with van der Waals surface area (Å²) in [5.74, 6) is 0. The number of rotatable bonds is 3. The van der Waals surface area contributed by atoms with Crippen LogP contribution in [0.15, 0.2) is 30.3 Å². The molecule has 0 bridgehead atoms. The Morgan fingerprint density at radius 1 is 1.33 bits per heavy atom. The van der Waals surface area contributed by atoms with Crippen LogP contribution >= 0.6 is 0 Å². The van der Waals surface area contributed by atoms with Gasteiger partial charge in [-0.25, -0.2) is 0 Å². The van der Waals surface area contributed by atoms with Crippen LogP contribution < -0.4 is 5.73 Å². The van der Waals surface area contributed by atoms with Gasteiger partial charge in [0.15, 0.2) is 0 Å². The molecule has 18 heavy (non-hydrogen) atoms. The van der Waals surface area contributed by atoms with Gasteiger partial charge < -0.3 is 10.8 Å². The summed E-state index contributed by atoms with van der Waals surface area (Å²) in [5, 5.41) is 13.3. The molecule has 0 fully saturated rings. The molecule has 2 aromatic rings. The highest BCUT2D eigenvalue weighted by Gasteiger charge is 2.15. The fourth-order valence-corrected chi connectivity index (χ4v) is 1.95. The van der Waals surface area contributed by atoms with E-state index in [2.05, 4.69) is 11.2 Å². The van der Waals surface area contributed by atoms with Gasteiger partial charge in [0, 0.05) is 18.2 Å². The zero-order valence-corrected chi connectivity index (χ0v) is 11.0. The summed E-state index contributed by atoms with van der Waals surface area (Å²) in [7, 11) is 1.87. The Hall–Kier alpha value is -1.65. The third-order valence-corrected chi connectivity index (χ3v) is 2.99. The largest absolute Gasteiger partial charge is 0.390 e. The number of aliphatic hydroxyl groups is 1. The molecule has 0 unspecified atom stereocenters. The molecule has 1 aromatic heterocycles. The third kappa shape index (κ3) is 2.44. The predicted molar refractivity (Wildman–Crippen MR) is 71.8 cm³/mol. The van der Waals surface area contributed by atoms with Gasteiger partial charge in [-0.05, 0) is 31.5 Å². The summed E-state index contributed by atoms with van der Waals surface area (Å²) in [6.07, 6.45) is 0. The van der Waals surface area contributed by atoms with E-state index in [-0.39, 0.29) is 12.1 Å². The Labute approximate surface area is 107 Å². The molecule has 0 atom stereocenters. The first-order valence-electron chi connectivity index (χ1n) is 5.95. The second-order valence-corrected chi connectivity index (χ2v) is 5.11. The first kappa shape index (κ1) is 12.8. The van der Waals surface area contributed by atoms with E-state index in [1.165, 1.54) is 0 Å². The minimum atomic E-state index is -0.367. The molecule has 0 spiro atoms. The monoisotopic (exact) mass is 245 g/mol. The average Bonchev–Trinajstić information content (AvgIpc) is 2.70. The van der Waals surface area contributed by atoms with Crippen LogP contribution in [0, 0.1) is 0 Å². The highest BCUT2D eigenvalue weighted by molar-refractivity contribution is 5.61. The summed E-state index contributed by atoms with van der Waals surface area (Å²) < 4.78 is 1.77. The Bertz CT molecular complexity index is 552. The molecule has 96 valence electrons. The van der Waals surface area contributed by atoms with E-state index in [4.69, 9.17) is 10.8 Å². The van der Waals surface area contributed by atoms with Crippen LogP contribution in [0.5, 0.6) is 0 Å². The van der Waals surface area contributed by atoms with Crippen LogP contribution in [0.25, 0.3) is 11.3 Å². The van der Waals surface area contributed by atoms with Crippen molar-refractivity contribution in [2.75, 3.05) is 0 Å². The molecule has 0 amide bonds. The van der Waals surface area contributed by atoms with Gasteiger partial charge in [0.1, 0.15) is 0 Å². The zero-order valence-electron chi connectivity index (χ0n) is 11.0. The lowest BCUT2D eigenvalue weighted by Gasteiger charge is -2.19. The number of aryl methyl sites for hydroxylation is 1. The van der Waals surface area contributed by atoms with E-state index in [0.717, 1.165) is 16.8 Å². The summed E-state index contributed by atoms with van der Waals surface area (Å²) in [4.78, 5) is 0. The summed E-state index contributed by atoms with van der Waals surface area (Å²) in [6.45, 7) is 3.92. The van der Waals surface area contributed by atoms with Crippen LogP contribution in [0.2, 0.25) is 0 Å². The van der Waals surface area contributed by atoms with Crippen molar-refractivity contribution in [2.24, 2.45) is 12.8 Å². The van der Waals surface area contributed by atoms with Gasteiger partial charge in [-0.2, -0.15) is 5.10 Å². The summed E-state index contributed by atoms with van der Waals surface area (Å²) in [5.41, 5.74) is 9.52. The summed E-state index contributed by atoms with van der Waals surface area (Å²) >= 11 is 0. The normalized spacial score (nSPS) is 11.8. The van der Waals surface area contributed by atoms with Gasteiger partial charge in [0.2, 0.25) is 0 Å². The van der Waals surface area contributed by atoms with Crippen LogP contribution in [-0.4, -0.2) is 14.9 Å². The van der Waals surface area contributed by atoms with Crippen molar-refractivity contribution >= 4 is 0 Å². The number of nitrogens with zero attached hydrogens (tertiary/aromatic N) is 2. The average molecular weight is 245 g/mol. The Balaban J connectivity index is 2.47. The van der Waals surface area contributed by atoms with Crippen molar-refractivity contribution in [2.45, 2.75) is 26.0 Å². The maximum atomic E-state index is 9.11. The minimum absolute atomic E-state index is 0.0457. The quantitative estimate of drug-likeness (QED) is 0.866. The molecule has 0 aliphatic carbocycles. The fraction of sp³-hybridized carbons (Fsp3) is 0.357. The van der Waals surface area contributed by atoms with Gasteiger partial charge in [0.05, 0.1) is 18.0 Å². The Morgan fingerprint density at radius 3 is 2.61 bits per heavy atom. The zero-order chi connectivity index (χ0) is 13.3. The van der Waals surface area contributed by atoms with Crippen molar-refractivity contribution < 1.29 is 5.11 Å². The minimum Gasteiger partial charge on any atom is -0.390 e. The van der Waals surface area contributed by atoms with E-state index in [0.29, 0.717) is 5.69 Å². The first-order chi connectivity index (χ1) is 8.41.